The van der Waals surface area contributed by atoms with Crippen molar-refractivity contribution in [1.82, 2.24) is 26.6 Å². The molecule has 0 bridgehead atoms. The van der Waals surface area contributed by atoms with Gasteiger partial charge in [-0.1, -0.05) is 0 Å². The van der Waals surface area contributed by atoms with Crippen LogP contribution in [0.5, 0.6) is 0 Å². The molecule has 11 saturated heterocycles. The number of amides is 5. The zero-order valence-electron chi connectivity index (χ0n) is 76.6. The summed E-state index contributed by atoms with van der Waals surface area (Å²) in [5, 5.41) is 372. The second-order valence-electron chi connectivity index (χ2n) is 36.0. The maximum absolute atomic E-state index is 13.6. The quantitative estimate of drug-likeness (QED) is 0.0272. The monoisotopic (exact) mass is 2090 g/mol. The molecule has 0 aliphatic carbocycles. The fourth-order valence-corrected chi connectivity index (χ4v) is 18.3. The highest BCUT2D eigenvalue weighted by atomic mass is 16.8. The van der Waals surface area contributed by atoms with Crippen molar-refractivity contribution in [2.45, 2.75) is 384 Å². The molecule has 64 heteroatoms. The number of aliphatic hydroxyl groups is 31. The lowest BCUT2D eigenvalue weighted by atomic mass is 9.88. The Morgan fingerprint density at radius 2 is 0.573 bits per heavy atom. The third kappa shape index (κ3) is 26.4. The Hall–Kier alpha value is -5.26. The van der Waals surface area contributed by atoms with Crippen LogP contribution in [0.15, 0.2) is 0 Å². The molecule has 11 aliphatic rings. The first-order valence-electron chi connectivity index (χ1n) is 45.3. The van der Waals surface area contributed by atoms with E-state index in [0.29, 0.717) is 0 Å². The van der Waals surface area contributed by atoms with Crippen molar-refractivity contribution in [2.24, 2.45) is 0 Å². The summed E-state index contributed by atoms with van der Waals surface area (Å²) < 4.78 is 125. The Morgan fingerprint density at radius 3 is 0.993 bits per heavy atom. The zero-order chi connectivity index (χ0) is 106. The van der Waals surface area contributed by atoms with Crippen molar-refractivity contribution in [3.8, 4) is 0 Å². The van der Waals surface area contributed by atoms with Gasteiger partial charge < -0.3 is 289 Å². The predicted octanol–water partition coefficient (Wildman–Crippen LogP) is -25.1. The highest BCUT2D eigenvalue weighted by molar-refractivity contribution is 5.77. The summed E-state index contributed by atoms with van der Waals surface area (Å²) in [5.74, 6) is -10.1. The molecular formula is C79H131N5O59. The number of hydrogen-bond donors (Lipinski definition) is 37. The third-order valence-electron chi connectivity index (χ3n) is 25.9. The first kappa shape index (κ1) is 118. The van der Waals surface area contributed by atoms with E-state index in [1.54, 1.807) is 0 Å². The Bertz CT molecular complexity index is 4030. The predicted molar refractivity (Wildman–Crippen MR) is 438 cm³/mol. The number of aliphatic carboxylic acids is 1. The molecule has 0 saturated carbocycles. The molecule has 0 aromatic rings. The first-order chi connectivity index (χ1) is 67.5. The lowest BCUT2D eigenvalue weighted by molar-refractivity contribution is -0.405. The van der Waals surface area contributed by atoms with Crippen LogP contribution in [0.4, 0.5) is 0 Å². The minimum atomic E-state index is -3.16. The molecule has 0 unspecified atom stereocenters. The van der Waals surface area contributed by atoms with Gasteiger partial charge in [-0.05, 0) is 0 Å². The molecule has 143 heavy (non-hydrogen) atoms. The fourth-order valence-electron chi connectivity index (χ4n) is 18.3. The number of aliphatic hydroxyl groups excluding tert-OH is 31. The fraction of sp³-hybridized carbons (Fsp3) is 0.924. The van der Waals surface area contributed by atoms with E-state index in [9.17, 15) is 192 Å². The van der Waals surface area contributed by atoms with E-state index in [0.717, 1.165) is 34.6 Å². The molecule has 0 aromatic heterocycles. The molecule has 5 amide bonds. The molecule has 11 fully saturated rings. The SMILES string of the molecule is CC(=O)N[C@@H]1[C@@H](O)[C@H](O[C@@H]2O[C@H](CO)[C@@H](O[C@@H]3O[C@H](CO[C@H]4O[C@H](CO[C@H]5O[C@H](CO)[C@@H](O)[C@H](O)[C@@H]5O)[C@@H](O)[C@H](O[C@H]5O[C@H](CO)[C@@H](O)[C@H](O)[C@@H]5O)[C@@H]4O)[C@@H](O)[C@H](O[C@H]4O[C@H](CO)[C@@H](O[C@@H]5O[C@H](CO)[C@@H](O)[C@@H](O)[C@H]5NC(C)=O)[C@H](O)[C@@H]4O[C@@H]4O[C@H](CO)[C@@H](O[C@@H]5O[C@H](CO[C@]6(C(=O)O)C[C@H](O)[C@@H](NC(C)=O)[C@H]([C@H](O)[C@H](O)CO)O6)[C@H](O)[C@H](O)[C@H]5O)[C@H](O)[C@H]4NC(C)=O)[C@@H]3O)[C@H](O)[C@H]2NC(C)=O)[C@@H](CO)O[C@H]1O. The summed E-state index contributed by atoms with van der Waals surface area (Å²) >= 11 is 0. The van der Waals surface area contributed by atoms with Gasteiger partial charge in [0.1, 0.15) is 262 Å². The number of rotatable bonds is 39. The Kier molecular flexibility index (Phi) is 42.3. The summed E-state index contributed by atoms with van der Waals surface area (Å²) in [6.07, 6.45) is -114. The van der Waals surface area contributed by atoms with E-state index in [2.05, 4.69) is 26.6 Å². The van der Waals surface area contributed by atoms with Crippen molar-refractivity contribution in [3.05, 3.63) is 0 Å². The van der Waals surface area contributed by atoms with Crippen molar-refractivity contribution < 1.29 is 292 Å². The first-order valence-corrected chi connectivity index (χ1v) is 45.3. The van der Waals surface area contributed by atoms with Gasteiger partial charge in [-0.3, -0.25) is 24.0 Å². The molecule has 0 spiro atoms. The summed E-state index contributed by atoms with van der Waals surface area (Å²) in [7, 11) is 0. The average Bonchev–Trinajstić information content (AvgIpc) is 0.761. The number of carbonyl (C=O) groups is 6. The minimum absolute atomic E-state index is 0.816. The Labute approximate surface area is 808 Å². The molecule has 37 N–H and O–H groups in total. The molecule has 826 valence electrons. The van der Waals surface area contributed by atoms with Gasteiger partial charge in [-0.2, -0.15) is 0 Å². The minimum Gasteiger partial charge on any atom is -0.477 e. The molecule has 11 heterocycles. The number of ether oxygens (including phenoxy) is 21. The van der Waals surface area contributed by atoms with Gasteiger partial charge in [0.15, 0.2) is 62.9 Å². The van der Waals surface area contributed by atoms with E-state index in [1.165, 1.54) is 0 Å². The maximum atomic E-state index is 13.6. The topological polar surface area (TPSA) is 1000 Å². The molecule has 11 rings (SSSR count). The highest BCUT2D eigenvalue weighted by Gasteiger charge is 2.64. The van der Waals surface area contributed by atoms with E-state index in [4.69, 9.17) is 99.5 Å². The van der Waals surface area contributed by atoms with Gasteiger partial charge in [-0.25, -0.2) is 4.79 Å². The van der Waals surface area contributed by atoms with Gasteiger partial charge in [0.25, 0.3) is 5.79 Å². The van der Waals surface area contributed by atoms with Crippen molar-refractivity contribution in [1.29, 1.82) is 0 Å². The second kappa shape index (κ2) is 51.2. The third-order valence-corrected chi connectivity index (χ3v) is 25.9. The van der Waals surface area contributed by atoms with E-state index in [-0.39, 0.29) is 0 Å². The van der Waals surface area contributed by atoms with Crippen LogP contribution in [0.2, 0.25) is 0 Å². The van der Waals surface area contributed by atoms with E-state index < -0.39 is 458 Å². The highest BCUT2D eigenvalue weighted by Crippen LogP contribution is 2.43. The molecule has 64 nitrogen and oxygen atoms in total. The smallest absolute Gasteiger partial charge is 0.364 e. The molecule has 11 aliphatic heterocycles. The largest absolute Gasteiger partial charge is 0.477 e. The van der Waals surface area contributed by atoms with Crippen molar-refractivity contribution in [2.75, 3.05) is 72.7 Å². The van der Waals surface area contributed by atoms with Gasteiger partial charge in [-0.15, -0.1) is 0 Å². The number of nitrogens with one attached hydrogen (secondary N) is 5. The summed E-state index contributed by atoms with van der Waals surface area (Å²) in [5.41, 5.74) is 0. The molecule has 0 aromatic carbocycles. The second-order valence-corrected chi connectivity index (χ2v) is 36.0. The van der Waals surface area contributed by atoms with Crippen LogP contribution in [0.1, 0.15) is 41.0 Å². The van der Waals surface area contributed by atoms with Crippen LogP contribution in [0, 0.1) is 0 Å². The molecule has 0 radical (unpaired) electrons. The number of carbonyl (C=O) groups excluding carboxylic acids is 5. The maximum Gasteiger partial charge on any atom is 0.364 e. The summed E-state index contributed by atoms with van der Waals surface area (Å²) in [6.45, 7) is -8.77. The van der Waals surface area contributed by atoms with Crippen LogP contribution in [0.25, 0.3) is 0 Å². The van der Waals surface area contributed by atoms with E-state index >= 15 is 0 Å². The average molecular weight is 2090 g/mol. The van der Waals surface area contributed by atoms with Crippen LogP contribution < -0.4 is 26.6 Å². The number of carboxylic acids is 1. The van der Waals surface area contributed by atoms with Crippen LogP contribution in [-0.2, 0) is 128 Å². The van der Waals surface area contributed by atoms with E-state index in [1.807, 2.05) is 0 Å². The van der Waals surface area contributed by atoms with Crippen LogP contribution in [-0.4, -0.2) is 615 Å². The molecular weight excluding hydrogens is 1960 g/mol. The van der Waals surface area contributed by atoms with Crippen LogP contribution >= 0.6 is 0 Å². The summed E-state index contributed by atoms with van der Waals surface area (Å²) in [4.78, 5) is 77.3. The van der Waals surface area contributed by atoms with Gasteiger partial charge >= 0.3 is 5.97 Å². The van der Waals surface area contributed by atoms with Gasteiger partial charge in [0.2, 0.25) is 29.5 Å². The standard InChI is InChI=1S/C79H131N5O59/c1-18(93)80-35-23(98)6-79(78(121)122,143-64(35)40(100)24(99)7-85)125-17-34-44(104)53(113)56(116)75(135-34)138-61-29(12-90)131-71(39(50(61)110)84-22(5)97)142-67-57(117)63(137-69-37(82-20(3)95)47(107)41(101)25(8-86)127-69)31(14-92)132-77(67)141-66-46(106)33(134-76(59(66)119)139-62-30(13-91)130-70(38(49(62)109)83-21(4)96)136-60-28(11-89)126-68(120)36(48(60)108)81-19(2)94)16-124-73-58(118)65(140-74-55(115)52(112)43(103)27(10-88)129-74)45(105)32(133-73)15-123-72-54(114)51(111)42(102)26(9-87)128-72/h23-77,85-92,98-120H,6-17H2,1-5H3,(H,80,93)(H,81,94)(H,82,95)(H,83,96)(H,84,97)(H,121,122)/t23-,24+,25+,26+,27+,28+,29+,30+,31+,32+,33+,34+,35+,36+,37+,38+,39+,40+,41+,42+,43+,44-,45+,46+,47-,48+,49+,50+,51-,52-,53-,54-,55-,56+,57-,58-,59-,60+,61+,62+,63+,64+,65-,66-,67-,68+,69-,70-,71-,72-,73-,74+,75-,76-,77+,79+/m0/s1. The van der Waals surface area contributed by atoms with Gasteiger partial charge in [0, 0.05) is 41.0 Å². The van der Waals surface area contributed by atoms with Gasteiger partial charge in [0.05, 0.1) is 84.8 Å². The number of hydrogen-bond acceptors (Lipinski definition) is 58. The van der Waals surface area contributed by atoms with Crippen LogP contribution in [0.3, 0.4) is 0 Å². The van der Waals surface area contributed by atoms with Crippen molar-refractivity contribution in [3.63, 3.8) is 0 Å². The molecule has 56 atom stereocenters. The van der Waals surface area contributed by atoms with Crippen molar-refractivity contribution >= 4 is 35.5 Å². The lowest BCUT2D eigenvalue weighted by Gasteiger charge is -2.52. The number of carboxylic acid groups (broad SMARTS) is 1. The lowest BCUT2D eigenvalue weighted by Crippen LogP contribution is -2.71. The Morgan fingerprint density at radius 1 is 0.287 bits per heavy atom. The normalized spacial score (nSPS) is 47.8. The Balaban J connectivity index is 0.965. The summed E-state index contributed by atoms with van der Waals surface area (Å²) in [6, 6.07) is -9.69. The zero-order valence-corrected chi connectivity index (χ0v) is 76.6.